The fourth-order valence-electron chi connectivity index (χ4n) is 1.31. The molecule has 1 atom stereocenters. The molecule has 0 bridgehead atoms. The maximum atomic E-state index is 12.9. The summed E-state index contributed by atoms with van der Waals surface area (Å²) in [6, 6.07) is 5.23. The predicted octanol–water partition coefficient (Wildman–Crippen LogP) is 4.55. The second-order valence-corrected chi connectivity index (χ2v) is 4.88. The van der Waals surface area contributed by atoms with Gasteiger partial charge in [-0.15, -0.1) is 0 Å². The second-order valence-electron chi connectivity index (χ2n) is 3.38. The molecule has 0 N–H and O–H groups in total. The van der Waals surface area contributed by atoms with Crippen LogP contribution >= 0.6 is 31.9 Å². The first-order valence-corrected chi connectivity index (χ1v) is 6.58. The zero-order chi connectivity index (χ0) is 10.6. The molecule has 0 aliphatic rings. The topological polar surface area (TPSA) is 0 Å². The van der Waals surface area contributed by atoms with Crippen molar-refractivity contribution >= 4 is 31.9 Å². The molecule has 1 unspecified atom stereocenters. The van der Waals surface area contributed by atoms with Gasteiger partial charge in [0.05, 0.1) is 4.47 Å². The van der Waals surface area contributed by atoms with E-state index in [1.165, 1.54) is 11.6 Å². The first-order valence-electron chi connectivity index (χ1n) is 4.67. The molecule has 78 valence electrons. The van der Waals surface area contributed by atoms with Gasteiger partial charge in [-0.1, -0.05) is 35.3 Å². The summed E-state index contributed by atoms with van der Waals surface area (Å²) in [5.74, 6) is 0.438. The van der Waals surface area contributed by atoms with Crippen molar-refractivity contribution in [1.29, 1.82) is 0 Å². The fraction of sp³-hybridized carbons (Fsp3) is 0.455. The second kappa shape index (κ2) is 5.86. The molecule has 0 saturated heterocycles. The largest absolute Gasteiger partial charge is 0.206 e. The molecule has 0 spiro atoms. The summed E-state index contributed by atoms with van der Waals surface area (Å²) in [6.07, 6.45) is 2.14. The molecule has 14 heavy (non-hydrogen) atoms. The highest BCUT2D eigenvalue weighted by Gasteiger charge is 2.07. The van der Waals surface area contributed by atoms with Crippen LogP contribution in [-0.4, -0.2) is 5.33 Å². The zero-order valence-corrected chi connectivity index (χ0v) is 11.2. The Bertz CT molecular complexity index is 295. The Labute approximate surface area is 101 Å². The Morgan fingerprint density at radius 1 is 1.43 bits per heavy atom. The molecule has 1 rings (SSSR count). The minimum Gasteiger partial charge on any atom is -0.206 e. The minimum atomic E-state index is -0.194. The van der Waals surface area contributed by atoms with Crippen LogP contribution in [0.5, 0.6) is 0 Å². The lowest BCUT2D eigenvalue weighted by Crippen LogP contribution is -2.04. The Hall–Kier alpha value is 0.110. The smallest absolute Gasteiger partial charge is 0.137 e. The van der Waals surface area contributed by atoms with Gasteiger partial charge in [-0.2, -0.15) is 0 Å². The summed E-state index contributed by atoms with van der Waals surface area (Å²) in [7, 11) is 0. The number of hydrogen-bond acceptors (Lipinski definition) is 0. The SMILES string of the molecule is CCC(CBr)Cc1ccc(F)c(Br)c1. The van der Waals surface area contributed by atoms with Gasteiger partial charge >= 0.3 is 0 Å². The molecular formula is C11H13Br2F. The Balaban J connectivity index is 2.72. The quantitative estimate of drug-likeness (QED) is 0.713. The summed E-state index contributed by atoms with van der Waals surface area (Å²) in [4.78, 5) is 0. The van der Waals surface area contributed by atoms with Crippen LogP contribution in [0.4, 0.5) is 4.39 Å². The van der Waals surface area contributed by atoms with E-state index in [-0.39, 0.29) is 5.82 Å². The third kappa shape index (κ3) is 3.35. The summed E-state index contributed by atoms with van der Waals surface area (Å²) in [6.45, 7) is 2.17. The van der Waals surface area contributed by atoms with Crippen LogP contribution in [0.1, 0.15) is 18.9 Å². The molecule has 0 aromatic heterocycles. The van der Waals surface area contributed by atoms with Crippen molar-refractivity contribution in [3.8, 4) is 0 Å². The molecule has 0 saturated carbocycles. The van der Waals surface area contributed by atoms with Crippen LogP contribution in [0.15, 0.2) is 22.7 Å². The number of rotatable bonds is 4. The van der Waals surface area contributed by atoms with Gasteiger partial charge in [-0.3, -0.25) is 0 Å². The molecule has 0 aliphatic carbocycles. The van der Waals surface area contributed by atoms with Gasteiger partial charge in [0.1, 0.15) is 5.82 Å². The van der Waals surface area contributed by atoms with Crippen LogP contribution in [0, 0.1) is 11.7 Å². The van der Waals surface area contributed by atoms with Crippen molar-refractivity contribution in [3.63, 3.8) is 0 Å². The summed E-state index contributed by atoms with van der Waals surface area (Å²) in [5.41, 5.74) is 1.18. The zero-order valence-electron chi connectivity index (χ0n) is 8.06. The molecule has 0 aliphatic heterocycles. The van der Waals surface area contributed by atoms with E-state index in [1.807, 2.05) is 12.1 Å². The van der Waals surface area contributed by atoms with E-state index in [9.17, 15) is 4.39 Å². The van der Waals surface area contributed by atoms with Crippen molar-refractivity contribution in [2.24, 2.45) is 5.92 Å². The third-order valence-corrected chi connectivity index (χ3v) is 3.83. The van der Waals surface area contributed by atoms with E-state index in [4.69, 9.17) is 0 Å². The molecule has 0 fully saturated rings. The van der Waals surface area contributed by atoms with Crippen molar-refractivity contribution in [1.82, 2.24) is 0 Å². The number of hydrogen-bond donors (Lipinski definition) is 0. The lowest BCUT2D eigenvalue weighted by Gasteiger charge is -2.11. The first-order chi connectivity index (χ1) is 6.67. The summed E-state index contributed by atoms with van der Waals surface area (Å²) >= 11 is 6.67. The van der Waals surface area contributed by atoms with Gasteiger partial charge in [0, 0.05) is 5.33 Å². The van der Waals surface area contributed by atoms with E-state index >= 15 is 0 Å². The van der Waals surface area contributed by atoms with Crippen molar-refractivity contribution in [3.05, 3.63) is 34.1 Å². The standard InChI is InChI=1S/C11H13Br2F/c1-2-8(7-12)5-9-3-4-11(14)10(13)6-9/h3-4,6,8H,2,5,7H2,1H3. The summed E-state index contributed by atoms with van der Waals surface area (Å²) < 4.78 is 13.5. The molecule has 1 aromatic carbocycles. The van der Waals surface area contributed by atoms with E-state index in [0.29, 0.717) is 10.4 Å². The molecule has 0 radical (unpaired) electrons. The van der Waals surface area contributed by atoms with Gasteiger partial charge in [-0.05, 0) is 46.0 Å². The highest BCUT2D eigenvalue weighted by atomic mass is 79.9. The van der Waals surface area contributed by atoms with Crippen LogP contribution in [0.25, 0.3) is 0 Å². The monoisotopic (exact) mass is 322 g/mol. The molecular weight excluding hydrogens is 311 g/mol. The summed E-state index contributed by atoms with van der Waals surface area (Å²) in [5, 5.41) is 0.999. The van der Waals surface area contributed by atoms with Gasteiger partial charge in [0.2, 0.25) is 0 Å². The van der Waals surface area contributed by atoms with E-state index < -0.39 is 0 Å². The van der Waals surface area contributed by atoms with Gasteiger partial charge in [0.25, 0.3) is 0 Å². The van der Waals surface area contributed by atoms with E-state index in [0.717, 1.165) is 18.2 Å². The minimum absolute atomic E-state index is 0.194. The molecule has 0 heterocycles. The van der Waals surface area contributed by atoms with Crippen molar-refractivity contribution in [2.45, 2.75) is 19.8 Å². The lowest BCUT2D eigenvalue weighted by molar-refractivity contribution is 0.570. The Morgan fingerprint density at radius 3 is 2.64 bits per heavy atom. The van der Waals surface area contributed by atoms with Gasteiger partial charge in [-0.25, -0.2) is 4.39 Å². The van der Waals surface area contributed by atoms with E-state index in [2.05, 4.69) is 38.8 Å². The number of benzene rings is 1. The highest BCUT2D eigenvalue weighted by Crippen LogP contribution is 2.20. The van der Waals surface area contributed by atoms with E-state index in [1.54, 1.807) is 0 Å². The van der Waals surface area contributed by atoms with Crippen LogP contribution in [0.2, 0.25) is 0 Å². The molecule has 3 heteroatoms. The van der Waals surface area contributed by atoms with Crippen molar-refractivity contribution < 1.29 is 4.39 Å². The maximum Gasteiger partial charge on any atom is 0.137 e. The first kappa shape index (κ1) is 12.2. The third-order valence-electron chi connectivity index (χ3n) is 2.30. The Morgan fingerprint density at radius 2 is 2.14 bits per heavy atom. The van der Waals surface area contributed by atoms with Crippen molar-refractivity contribution in [2.75, 3.05) is 5.33 Å². The average molecular weight is 324 g/mol. The van der Waals surface area contributed by atoms with Gasteiger partial charge < -0.3 is 0 Å². The molecule has 0 amide bonds. The fourth-order valence-corrected chi connectivity index (χ4v) is 2.42. The van der Waals surface area contributed by atoms with Crippen LogP contribution in [-0.2, 0) is 6.42 Å². The Kier molecular flexibility index (Phi) is 5.10. The highest BCUT2D eigenvalue weighted by molar-refractivity contribution is 9.10. The van der Waals surface area contributed by atoms with Crippen LogP contribution < -0.4 is 0 Å². The van der Waals surface area contributed by atoms with Gasteiger partial charge in [0.15, 0.2) is 0 Å². The number of halogens is 3. The normalized spacial score (nSPS) is 12.9. The lowest BCUT2D eigenvalue weighted by atomic mass is 9.99. The molecule has 0 nitrogen and oxygen atoms in total. The predicted molar refractivity (Wildman–Crippen MR) is 65.4 cm³/mol. The maximum absolute atomic E-state index is 12.9. The average Bonchev–Trinajstić information content (AvgIpc) is 2.19. The molecule has 1 aromatic rings. The van der Waals surface area contributed by atoms with Crippen LogP contribution in [0.3, 0.4) is 0 Å². The number of alkyl halides is 1.